The number of hydrogen-bond acceptors (Lipinski definition) is 3. The van der Waals surface area contributed by atoms with Crippen molar-refractivity contribution in [3.05, 3.63) is 146 Å². The number of allylic oxidation sites excluding steroid dienone is 23. The molecule has 0 bridgehead atoms. The van der Waals surface area contributed by atoms with Gasteiger partial charge < -0.3 is 15.5 Å². The van der Waals surface area contributed by atoms with E-state index in [-0.39, 0.29) is 12.5 Å². The molecule has 0 rings (SSSR count). The third-order valence-corrected chi connectivity index (χ3v) is 10.8. The minimum absolute atomic E-state index is 0.104. The van der Waals surface area contributed by atoms with Gasteiger partial charge >= 0.3 is 0 Å². The molecule has 0 radical (unpaired) electrons. The van der Waals surface area contributed by atoms with Crippen molar-refractivity contribution in [1.29, 1.82) is 0 Å². The molecule has 0 heterocycles. The summed E-state index contributed by atoms with van der Waals surface area (Å²) in [5, 5.41) is 23.1. The molecule has 0 aliphatic rings. The van der Waals surface area contributed by atoms with Gasteiger partial charge in [-0.3, -0.25) is 4.79 Å². The molecule has 3 N–H and O–H groups in total. The molecule has 1 amide bonds. The quantitative estimate of drug-likeness (QED) is 0.0422. The lowest BCUT2D eigenvalue weighted by Gasteiger charge is -2.19. The summed E-state index contributed by atoms with van der Waals surface area (Å²) < 4.78 is 0. The SMILES string of the molecule is CC/C=C\C/C=C\C/C=C\C/C=C\C/C=C\C/C=C\C/C=C\C/C=C\C/C=C\CCCCCCCC(=O)NC(CO)C(O)/C=C/CC/C=C/CC/C=C/CCCCCCCCCCC. The Labute approximate surface area is 395 Å². The molecule has 64 heavy (non-hydrogen) atoms. The van der Waals surface area contributed by atoms with Gasteiger partial charge in [0, 0.05) is 6.42 Å². The Balaban J connectivity index is 3.74. The van der Waals surface area contributed by atoms with E-state index in [4.69, 9.17) is 0 Å². The standard InChI is InChI=1S/C60H97NO3/c1-3-5-7-9-11-13-15-17-19-21-23-24-25-26-27-28-29-30-31-32-33-34-35-36-38-40-42-44-46-48-50-52-54-56-60(64)61-58(57-62)59(63)55-53-51-49-47-45-43-41-39-37-22-20-18-16-14-12-10-8-6-4-2/h5,7,11,13,17,19,23-24,26-27,29-30,32-33,35-37,39-40,42,45,47,53,55,58-59,62-63H,3-4,6,8-10,12,14-16,18,20-22,25,28,31,34,38,41,43-44,46,48-52,54,56-57H2,1-2H3,(H,61,64)/b7-5-,13-11-,19-17-,24-23-,27-26-,30-29-,33-32-,36-35-,39-37+,42-40-,47-45+,55-53+. The maximum absolute atomic E-state index is 12.4. The van der Waals surface area contributed by atoms with Gasteiger partial charge in [-0.05, 0) is 116 Å². The topological polar surface area (TPSA) is 69.6 Å². The minimum atomic E-state index is -0.890. The van der Waals surface area contributed by atoms with Crippen LogP contribution in [-0.2, 0) is 4.79 Å². The summed E-state index contributed by atoms with van der Waals surface area (Å²) in [6.07, 6.45) is 85.5. The zero-order valence-corrected chi connectivity index (χ0v) is 41.2. The number of amides is 1. The largest absolute Gasteiger partial charge is 0.394 e. The summed E-state index contributed by atoms with van der Waals surface area (Å²) in [5.74, 6) is -0.104. The Hall–Kier alpha value is -3.73. The van der Waals surface area contributed by atoms with Crippen LogP contribution in [0.4, 0.5) is 0 Å². The second-order valence-corrected chi connectivity index (χ2v) is 16.8. The van der Waals surface area contributed by atoms with E-state index < -0.39 is 12.1 Å². The highest BCUT2D eigenvalue weighted by Crippen LogP contribution is 2.12. The molecule has 0 saturated carbocycles. The number of hydrogen-bond donors (Lipinski definition) is 3. The number of aliphatic hydroxyl groups excluding tert-OH is 2. The first-order valence-corrected chi connectivity index (χ1v) is 26.0. The molecular weight excluding hydrogens is 783 g/mol. The van der Waals surface area contributed by atoms with E-state index in [1.54, 1.807) is 6.08 Å². The van der Waals surface area contributed by atoms with Crippen molar-refractivity contribution < 1.29 is 15.0 Å². The van der Waals surface area contributed by atoms with Crippen molar-refractivity contribution in [2.45, 2.75) is 219 Å². The predicted molar refractivity (Wildman–Crippen MR) is 285 cm³/mol. The number of aliphatic hydroxyl groups is 2. The van der Waals surface area contributed by atoms with E-state index in [0.717, 1.165) is 116 Å². The van der Waals surface area contributed by atoms with Gasteiger partial charge in [-0.2, -0.15) is 0 Å². The number of carbonyl (C=O) groups excluding carboxylic acids is 1. The maximum Gasteiger partial charge on any atom is 0.220 e. The van der Waals surface area contributed by atoms with Crippen LogP contribution < -0.4 is 5.32 Å². The van der Waals surface area contributed by atoms with Crippen LogP contribution in [-0.4, -0.2) is 34.9 Å². The first-order chi connectivity index (χ1) is 31.7. The minimum Gasteiger partial charge on any atom is -0.394 e. The van der Waals surface area contributed by atoms with Gasteiger partial charge in [-0.1, -0.05) is 230 Å². The van der Waals surface area contributed by atoms with Gasteiger partial charge in [0.15, 0.2) is 0 Å². The summed E-state index contributed by atoms with van der Waals surface area (Å²) in [4.78, 5) is 12.4. The average Bonchev–Trinajstić information content (AvgIpc) is 3.30. The fourth-order valence-electron chi connectivity index (χ4n) is 6.85. The van der Waals surface area contributed by atoms with Gasteiger partial charge in [-0.25, -0.2) is 0 Å². The van der Waals surface area contributed by atoms with Crippen molar-refractivity contribution in [1.82, 2.24) is 5.32 Å². The summed E-state index contributed by atoms with van der Waals surface area (Å²) in [7, 11) is 0. The molecule has 0 aromatic carbocycles. The third-order valence-electron chi connectivity index (χ3n) is 10.8. The van der Waals surface area contributed by atoms with Crippen molar-refractivity contribution in [3.8, 4) is 0 Å². The third kappa shape index (κ3) is 49.3. The van der Waals surface area contributed by atoms with Crippen LogP contribution in [0.3, 0.4) is 0 Å². The van der Waals surface area contributed by atoms with Gasteiger partial charge in [0.05, 0.1) is 18.8 Å². The number of unbranched alkanes of at least 4 members (excludes halogenated alkanes) is 16. The normalized spacial score (nSPS) is 14.1. The Kier molecular flexibility index (Phi) is 50.5. The molecule has 0 aliphatic heterocycles. The Morgan fingerprint density at radius 1 is 0.391 bits per heavy atom. The predicted octanol–water partition coefficient (Wildman–Crippen LogP) is 17.2. The molecule has 360 valence electrons. The van der Waals surface area contributed by atoms with Crippen LogP contribution >= 0.6 is 0 Å². The molecule has 0 spiro atoms. The van der Waals surface area contributed by atoms with Crippen LogP contribution in [0.5, 0.6) is 0 Å². The van der Waals surface area contributed by atoms with Gasteiger partial charge in [0.25, 0.3) is 0 Å². The lowest BCUT2D eigenvalue weighted by molar-refractivity contribution is -0.123. The molecule has 2 atom stereocenters. The fourth-order valence-corrected chi connectivity index (χ4v) is 6.85. The summed E-state index contributed by atoms with van der Waals surface area (Å²) in [6.45, 7) is 4.16. The number of rotatable bonds is 45. The van der Waals surface area contributed by atoms with E-state index in [9.17, 15) is 15.0 Å². The van der Waals surface area contributed by atoms with Crippen LogP contribution in [0.15, 0.2) is 146 Å². The highest BCUT2D eigenvalue weighted by Gasteiger charge is 2.17. The lowest BCUT2D eigenvalue weighted by atomic mass is 10.1. The van der Waals surface area contributed by atoms with Crippen molar-refractivity contribution in [2.75, 3.05) is 6.61 Å². The zero-order chi connectivity index (χ0) is 46.3. The van der Waals surface area contributed by atoms with Crippen molar-refractivity contribution >= 4 is 5.91 Å². The Morgan fingerprint density at radius 3 is 1.09 bits per heavy atom. The van der Waals surface area contributed by atoms with Gasteiger partial charge in [0.2, 0.25) is 5.91 Å². The first-order valence-electron chi connectivity index (χ1n) is 26.0. The van der Waals surface area contributed by atoms with Crippen LogP contribution in [0.25, 0.3) is 0 Å². The molecule has 0 saturated heterocycles. The smallest absolute Gasteiger partial charge is 0.220 e. The summed E-state index contributed by atoms with van der Waals surface area (Å²) in [5.41, 5.74) is 0. The number of nitrogens with one attached hydrogen (secondary N) is 1. The average molecular weight is 880 g/mol. The van der Waals surface area contributed by atoms with E-state index in [0.29, 0.717) is 6.42 Å². The second kappa shape index (κ2) is 53.6. The second-order valence-electron chi connectivity index (χ2n) is 16.8. The molecule has 0 fully saturated rings. The van der Waals surface area contributed by atoms with Crippen LogP contribution in [0.1, 0.15) is 206 Å². The molecular formula is C60H97NO3. The molecule has 0 aliphatic carbocycles. The van der Waals surface area contributed by atoms with Gasteiger partial charge in [0.1, 0.15) is 0 Å². The Bertz CT molecular complexity index is 1370. The van der Waals surface area contributed by atoms with E-state index in [1.807, 2.05) is 6.08 Å². The summed E-state index contributed by atoms with van der Waals surface area (Å²) in [6, 6.07) is -0.668. The number of carbonyl (C=O) groups is 1. The lowest BCUT2D eigenvalue weighted by Crippen LogP contribution is -2.45. The zero-order valence-electron chi connectivity index (χ0n) is 41.2. The molecule has 0 aromatic heterocycles. The van der Waals surface area contributed by atoms with Crippen LogP contribution in [0, 0.1) is 0 Å². The molecule has 4 nitrogen and oxygen atoms in total. The van der Waals surface area contributed by atoms with Gasteiger partial charge in [-0.15, -0.1) is 0 Å². The highest BCUT2D eigenvalue weighted by atomic mass is 16.3. The molecule has 4 heteroatoms. The Morgan fingerprint density at radius 2 is 0.703 bits per heavy atom. The first kappa shape index (κ1) is 60.3. The summed E-state index contributed by atoms with van der Waals surface area (Å²) >= 11 is 0. The molecule has 2 unspecified atom stereocenters. The van der Waals surface area contributed by atoms with Crippen molar-refractivity contribution in [3.63, 3.8) is 0 Å². The van der Waals surface area contributed by atoms with E-state index in [1.165, 1.54) is 70.6 Å². The van der Waals surface area contributed by atoms with E-state index in [2.05, 4.69) is 153 Å². The fraction of sp³-hybridized carbons (Fsp3) is 0.583. The maximum atomic E-state index is 12.4. The van der Waals surface area contributed by atoms with E-state index >= 15 is 0 Å². The van der Waals surface area contributed by atoms with Crippen molar-refractivity contribution in [2.24, 2.45) is 0 Å². The molecule has 0 aromatic rings. The monoisotopic (exact) mass is 880 g/mol. The highest BCUT2D eigenvalue weighted by molar-refractivity contribution is 5.76. The van der Waals surface area contributed by atoms with Crippen LogP contribution in [0.2, 0.25) is 0 Å².